The Kier molecular flexibility index (Phi) is 6.92. The molecule has 0 bridgehead atoms. The van der Waals surface area contributed by atoms with Crippen LogP contribution in [0.4, 0.5) is 19.2 Å². The number of para-hydroxylation sites is 1. The molecule has 3 aromatic rings. The Morgan fingerprint density at radius 2 is 2.00 bits per heavy atom. The van der Waals surface area contributed by atoms with Gasteiger partial charge in [-0.1, -0.05) is 31.5 Å². The molecular formula is C23H28F3N5O2. The van der Waals surface area contributed by atoms with Crippen molar-refractivity contribution < 1.29 is 22.4 Å². The molecule has 178 valence electrons. The summed E-state index contributed by atoms with van der Waals surface area (Å²) in [5.74, 6) is -0.245. The zero-order valence-electron chi connectivity index (χ0n) is 18.5. The van der Waals surface area contributed by atoms with Crippen LogP contribution in [-0.4, -0.2) is 65.7 Å². The van der Waals surface area contributed by atoms with Crippen LogP contribution in [0.15, 0.2) is 41.1 Å². The van der Waals surface area contributed by atoms with Gasteiger partial charge in [0.05, 0.1) is 12.7 Å². The third-order valence-corrected chi connectivity index (χ3v) is 5.88. The van der Waals surface area contributed by atoms with Gasteiger partial charge in [0.1, 0.15) is 0 Å². The lowest BCUT2D eigenvalue weighted by atomic mass is 10.0. The smallest absolute Gasteiger partial charge is 0.401 e. The molecule has 2 aromatic heterocycles. The zero-order valence-corrected chi connectivity index (χ0v) is 18.5. The Morgan fingerprint density at radius 3 is 2.73 bits per heavy atom. The molecule has 3 heterocycles. The number of hydrogen-bond acceptors (Lipinski definition) is 5. The average molecular weight is 464 g/mol. The number of carbonyl (C=O) groups is 1. The van der Waals surface area contributed by atoms with Gasteiger partial charge < -0.3 is 19.6 Å². The maximum atomic E-state index is 12.8. The van der Waals surface area contributed by atoms with E-state index >= 15 is 0 Å². The Balaban J connectivity index is 1.36. The van der Waals surface area contributed by atoms with Crippen molar-refractivity contribution in [3.05, 3.63) is 48.0 Å². The van der Waals surface area contributed by atoms with Crippen molar-refractivity contribution in [2.75, 3.05) is 37.6 Å². The summed E-state index contributed by atoms with van der Waals surface area (Å²) >= 11 is 0. The molecule has 10 heteroatoms. The number of anilines is 1. The van der Waals surface area contributed by atoms with Crippen LogP contribution in [0.1, 0.15) is 35.9 Å². The Bertz CT molecular complexity index is 1070. The first-order valence-corrected chi connectivity index (χ1v) is 11.2. The van der Waals surface area contributed by atoms with Gasteiger partial charge in [-0.25, -0.2) is 4.98 Å². The van der Waals surface area contributed by atoms with E-state index in [2.05, 4.69) is 28.3 Å². The SMILES string of the molecule is CCCC(Cc1c[nH]c2ccccc12)NC(=O)c1cnc(N2CCN(CC(F)(F)F)CC2)o1. The van der Waals surface area contributed by atoms with Crippen molar-refractivity contribution >= 4 is 22.8 Å². The lowest BCUT2D eigenvalue weighted by molar-refractivity contribution is -0.146. The Morgan fingerprint density at radius 1 is 1.24 bits per heavy atom. The summed E-state index contributed by atoms with van der Waals surface area (Å²) in [4.78, 5) is 23.4. The standard InChI is InChI=1S/C23H28F3N5O2/c1-2-5-17(12-16-13-27-19-7-4-3-6-18(16)19)29-21(32)20-14-28-22(33-20)31-10-8-30(9-11-31)15-23(24,25)26/h3-4,6-7,13-14,17,27H,2,5,8-12,15H2,1H3,(H,29,32). The average Bonchev–Trinajstić information content (AvgIpc) is 3.41. The van der Waals surface area contributed by atoms with E-state index in [9.17, 15) is 18.0 Å². The third-order valence-electron chi connectivity index (χ3n) is 5.88. The minimum atomic E-state index is -4.21. The molecule has 1 aromatic carbocycles. The van der Waals surface area contributed by atoms with Crippen LogP contribution in [0.2, 0.25) is 0 Å². The number of aromatic amines is 1. The number of oxazole rings is 1. The summed E-state index contributed by atoms with van der Waals surface area (Å²) in [6.07, 6.45) is 1.56. The van der Waals surface area contributed by atoms with Crippen molar-refractivity contribution in [1.82, 2.24) is 20.2 Å². The van der Waals surface area contributed by atoms with E-state index < -0.39 is 12.7 Å². The normalized spacial score (nSPS) is 16.3. The summed E-state index contributed by atoms with van der Waals surface area (Å²) in [6, 6.07) is 8.24. The molecule has 1 unspecified atom stereocenters. The predicted molar refractivity (Wildman–Crippen MR) is 119 cm³/mol. The maximum Gasteiger partial charge on any atom is 0.401 e. The highest BCUT2D eigenvalue weighted by molar-refractivity contribution is 5.91. The Hall–Kier alpha value is -3.01. The van der Waals surface area contributed by atoms with E-state index in [1.807, 2.05) is 24.4 Å². The van der Waals surface area contributed by atoms with Crippen LogP contribution in [0.25, 0.3) is 10.9 Å². The van der Waals surface area contributed by atoms with Gasteiger partial charge in [0.25, 0.3) is 11.9 Å². The molecule has 1 atom stereocenters. The highest BCUT2D eigenvalue weighted by atomic mass is 19.4. The molecule has 7 nitrogen and oxygen atoms in total. The van der Waals surface area contributed by atoms with Crippen molar-refractivity contribution in [2.24, 2.45) is 0 Å². The first kappa shape index (κ1) is 23.2. The molecule has 1 amide bonds. The molecule has 1 aliphatic rings. The van der Waals surface area contributed by atoms with Crippen LogP contribution in [0, 0.1) is 0 Å². The molecule has 0 spiro atoms. The number of amides is 1. The molecule has 33 heavy (non-hydrogen) atoms. The minimum absolute atomic E-state index is 0.0684. The summed E-state index contributed by atoms with van der Waals surface area (Å²) in [7, 11) is 0. The van der Waals surface area contributed by atoms with Gasteiger partial charge >= 0.3 is 6.18 Å². The topological polar surface area (TPSA) is 77.4 Å². The van der Waals surface area contributed by atoms with Crippen LogP contribution < -0.4 is 10.2 Å². The fourth-order valence-corrected chi connectivity index (χ4v) is 4.26. The number of nitrogens with one attached hydrogen (secondary N) is 2. The highest BCUT2D eigenvalue weighted by Gasteiger charge is 2.33. The number of aromatic nitrogens is 2. The van der Waals surface area contributed by atoms with Gasteiger partial charge in [0, 0.05) is 49.3 Å². The molecule has 0 aliphatic carbocycles. The first-order valence-electron chi connectivity index (χ1n) is 11.2. The molecule has 1 saturated heterocycles. The van der Waals surface area contributed by atoms with Gasteiger partial charge in [0.2, 0.25) is 5.76 Å². The molecule has 4 rings (SSSR count). The summed E-state index contributed by atoms with van der Waals surface area (Å²) in [5, 5.41) is 4.19. The van der Waals surface area contributed by atoms with Gasteiger partial charge in [-0.15, -0.1) is 0 Å². The number of benzene rings is 1. The van der Waals surface area contributed by atoms with Gasteiger partial charge in [0.15, 0.2) is 0 Å². The second kappa shape index (κ2) is 9.86. The van der Waals surface area contributed by atoms with Crippen LogP contribution >= 0.6 is 0 Å². The largest absolute Gasteiger partial charge is 0.418 e. The summed E-state index contributed by atoms with van der Waals surface area (Å²) in [6.45, 7) is 2.38. The molecule has 1 fully saturated rings. The van der Waals surface area contributed by atoms with E-state index in [0.717, 1.165) is 29.3 Å². The van der Waals surface area contributed by atoms with Gasteiger partial charge in [-0.2, -0.15) is 13.2 Å². The Labute approximate surface area is 189 Å². The van der Waals surface area contributed by atoms with E-state index in [1.54, 1.807) is 4.90 Å². The second-order valence-corrected chi connectivity index (χ2v) is 8.41. The molecule has 0 radical (unpaired) electrons. The lowest BCUT2D eigenvalue weighted by Crippen LogP contribution is -2.49. The number of fused-ring (bicyclic) bond motifs is 1. The number of halogens is 3. The fourth-order valence-electron chi connectivity index (χ4n) is 4.26. The molecular weight excluding hydrogens is 435 g/mol. The summed E-state index contributed by atoms with van der Waals surface area (Å²) < 4.78 is 43.4. The van der Waals surface area contributed by atoms with Gasteiger partial charge in [-0.05, 0) is 24.5 Å². The summed E-state index contributed by atoms with van der Waals surface area (Å²) in [5.41, 5.74) is 2.20. The fraction of sp³-hybridized carbons (Fsp3) is 0.478. The van der Waals surface area contributed by atoms with E-state index in [-0.39, 0.29) is 36.8 Å². The van der Waals surface area contributed by atoms with Crippen molar-refractivity contribution in [1.29, 1.82) is 0 Å². The molecule has 1 aliphatic heterocycles. The number of hydrogen-bond donors (Lipinski definition) is 2. The monoisotopic (exact) mass is 463 g/mol. The molecule has 2 N–H and O–H groups in total. The number of rotatable bonds is 8. The number of carbonyl (C=O) groups excluding carboxylic acids is 1. The van der Waals surface area contributed by atoms with Gasteiger partial charge in [-0.3, -0.25) is 9.69 Å². The predicted octanol–water partition coefficient (Wildman–Crippen LogP) is 3.98. The first-order chi connectivity index (χ1) is 15.8. The van der Waals surface area contributed by atoms with Crippen molar-refractivity contribution in [2.45, 2.75) is 38.4 Å². The maximum absolute atomic E-state index is 12.8. The number of alkyl halides is 3. The van der Waals surface area contributed by atoms with Crippen molar-refractivity contribution in [3.63, 3.8) is 0 Å². The third kappa shape index (κ3) is 5.87. The van der Waals surface area contributed by atoms with E-state index in [1.165, 1.54) is 11.1 Å². The van der Waals surface area contributed by atoms with E-state index in [4.69, 9.17) is 4.42 Å². The number of piperazine rings is 1. The number of nitrogens with zero attached hydrogens (tertiary/aromatic N) is 3. The van der Waals surface area contributed by atoms with Crippen LogP contribution in [0.5, 0.6) is 0 Å². The number of H-pyrrole nitrogens is 1. The minimum Gasteiger partial charge on any atom is -0.418 e. The molecule has 0 saturated carbocycles. The highest BCUT2D eigenvalue weighted by Crippen LogP contribution is 2.22. The van der Waals surface area contributed by atoms with Crippen LogP contribution in [0.3, 0.4) is 0 Å². The lowest BCUT2D eigenvalue weighted by Gasteiger charge is -2.34. The second-order valence-electron chi connectivity index (χ2n) is 8.41. The van der Waals surface area contributed by atoms with Crippen LogP contribution in [-0.2, 0) is 6.42 Å². The van der Waals surface area contributed by atoms with E-state index in [0.29, 0.717) is 19.5 Å². The van der Waals surface area contributed by atoms with Crippen molar-refractivity contribution in [3.8, 4) is 0 Å². The zero-order chi connectivity index (χ0) is 23.4. The quantitative estimate of drug-likeness (QED) is 0.529.